The molecule has 1 N–H and O–H groups in total. The van der Waals surface area contributed by atoms with Gasteiger partial charge in [0, 0.05) is 0 Å². The highest BCUT2D eigenvalue weighted by Gasteiger charge is 2.32. The molecule has 51 valence electrons. The highest BCUT2D eigenvalue weighted by molar-refractivity contribution is 5.46. The lowest BCUT2D eigenvalue weighted by Crippen LogP contribution is -2.30. The van der Waals surface area contributed by atoms with E-state index in [2.05, 4.69) is 4.84 Å². The van der Waals surface area contributed by atoms with E-state index in [1.54, 1.807) is 6.92 Å². The van der Waals surface area contributed by atoms with E-state index in [9.17, 15) is 4.79 Å². The molecule has 4 heteroatoms. The minimum atomic E-state index is -0.891. The summed E-state index contributed by atoms with van der Waals surface area (Å²) in [5.41, 5.74) is -0.891. The summed E-state index contributed by atoms with van der Waals surface area (Å²) in [5.74, 6) is 0. The summed E-state index contributed by atoms with van der Waals surface area (Å²) >= 11 is 0. The van der Waals surface area contributed by atoms with Gasteiger partial charge in [-0.1, -0.05) is 0 Å². The van der Waals surface area contributed by atoms with E-state index in [0.29, 0.717) is 0 Å². The zero-order valence-corrected chi connectivity index (χ0v) is 5.13. The fourth-order valence-electron chi connectivity index (χ4n) is 0.676. The number of hydroxylamine groups is 2. The first kappa shape index (κ1) is 6.51. The Morgan fingerprint density at radius 2 is 2.56 bits per heavy atom. The number of carbonyl (C=O) groups excluding carboxylic acids is 1. The van der Waals surface area contributed by atoms with Crippen molar-refractivity contribution in [3.8, 4) is 0 Å². The Bertz CT molecular complexity index is 123. The van der Waals surface area contributed by atoms with Gasteiger partial charge in [-0.3, -0.25) is 9.63 Å². The van der Waals surface area contributed by atoms with Crippen LogP contribution in [0, 0.1) is 0 Å². The van der Waals surface area contributed by atoms with Gasteiger partial charge in [0.15, 0.2) is 0 Å². The molecule has 1 radical (unpaired) electrons. The Morgan fingerprint density at radius 1 is 1.89 bits per heavy atom. The summed E-state index contributed by atoms with van der Waals surface area (Å²) < 4.78 is 0. The summed E-state index contributed by atoms with van der Waals surface area (Å²) in [6, 6.07) is 0. The third kappa shape index (κ3) is 1.40. The zero-order valence-electron chi connectivity index (χ0n) is 5.13. The van der Waals surface area contributed by atoms with Crippen molar-refractivity contribution in [3.05, 3.63) is 0 Å². The predicted octanol–water partition coefficient (Wildman–Crippen LogP) is -0.948. The van der Waals surface area contributed by atoms with Crippen LogP contribution in [0.2, 0.25) is 0 Å². The summed E-state index contributed by atoms with van der Waals surface area (Å²) in [6.07, 6.45) is 1.52. The largest absolute Gasteiger partial charge is 0.386 e. The molecule has 9 heavy (non-hydrogen) atoms. The van der Waals surface area contributed by atoms with Crippen LogP contribution >= 0.6 is 0 Å². The minimum Gasteiger partial charge on any atom is -0.386 e. The Balaban J connectivity index is 2.47. The molecule has 1 saturated heterocycles. The molecular formula is C5H8NO3. The smallest absolute Gasteiger partial charge is 0.337 e. The number of rotatable bonds is 1. The minimum absolute atomic E-state index is 0.169. The Hall–Kier alpha value is -0.610. The maximum Gasteiger partial charge on any atom is 0.337 e. The van der Waals surface area contributed by atoms with Gasteiger partial charge in [0.05, 0.1) is 6.54 Å². The van der Waals surface area contributed by atoms with Gasteiger partial charge in [0.1, 0.15) is 12.2 Å². The van der Waals surface area contributed by atoms with Crippen molar-refractivity contribution in [2.24, 2.45) is 0 Å². The summed E-state index contributed by atoms with van der Waals surface area (Å²) in [5, 5.41) is 10.1. The average Bonchev–Trinajstić information content (AvgIpc) is 2.10. The average molecular weight is 130 g/mol. The van der Waals surface area contributed by atoms with Crippen molar-refractivity contribution in [2.75, 3.05) is 13.2 Å². The lowest BCUT2D eigenvalue weighted by atomic mass is 10.1. The molecule has 1 fully saturated rings. The van der Waals surface area contributed by atoms with Gasteiger partial charge in [-0.2, -0.15) is 0 Å². The molecule has 0 spiro atoms. The van der Waals surface area contributed by atoms with E-state index in [1.165, 1.54) is 6.41 Å². The van der Waals surface area contributed by atoms with Crippen molar-refractivity contribution < 1.29 is 14.7 Å². The van der Waals surface area contributed by atoms with Gasteiger partial charge in [0.2, 0.25) is 0 Å². The van der Waals surface area contributed by atoms with Crippen molar-refractivity contribution in [1.29, 1.82) is 0 Å². The molecule has 0 aromatic carbocycles. The normalized spacial score (nSPS) is 35.1. The first-order valence-electron chi connectivity index (χ1n) is 2.65. The van der Waals surface area contributed by atoms with E-state index in [0.717, 1.165) is 5.06 Å². The quantitative estimate of drug-likeness (QED) is 0.498. The Morgan fingerprint density at radius 3 is 2.78 bits per heavy atom. The molecule has 0 aliphatic carbocycles. The summed E-state index contributed by atoms with van der Waals surface area (Å²) in [4.78, 5) is 14.5. The predicted molar refractivity (Wildman–Crippen MR) is 29.0 cm³/mol. The molecule has 0 bridgehead atoms. The van der Waals surface area contributed by atoms with Crippen LogP contribution in [0.3, 0.4) is 0 Å². The first-order valence-corrected chi connectivity index (χ1v) is 2.65. The topological polar surface area (TPSA) is 49.8 Å². The molecule has 1 unspecified atom stereocenters. The Kier molecular flexibility index (Phi) is 1.42. The molecule has 1 atom stereocenters. The number of β-amino-alcohol motifs (C(OH)–C–C–N with tert-alkyl or cyclic N) is 1. The number of nitrogens with zero attached hydrogens (tertiary/aromatic N) is 1. The number of hydrogen-bond acceptors (Lipinski definition) is 3. The van der Waals surface area contributed by atoms with Gasteiger partial charge in [0.25, 0.3) is 0 Å². The number of hydrogen-bond donors (Lipinski definition) is 1. The Labute approximate surface area is 53.0 Å². The second-order valence-corrected chi connectivity index (χ2v) is 2.40. The molecule has 1 heterocycles. The first-order chi connectivity index (χ1) is 4.14. The molecule has 1 aliphatic heterocycles. The van der Waals surface area contributed by atoms with Crippen molar-refractivity contribution in [3.63, 3.8) is 0 Å². The van der Waals surface area contributed by atoms with E-state index in [-0.39, 0.29) is 13.2 Å². The number of amides is 1. The lowest BCUT2D eigenvalue weighted by Gasteiger charge is -2.09. The zero-order chi connectivity index (χ0) is 6.91. The van der Waals surface area contributed by atoms with Gasteiger partial charge in [-0.25, -0.2) is 5.06 Å². The van der Waals surface area contributed by atoms with Crippen molar-refractivity contribution >= 4 is 6.41 Å². The third-order valence-electron chi connectivity index (χ3n) is 1.12. The fraction of sp³-hybridized carbons (Fsp3) is 0.800. The molecule has 0 saturated carbocycles. The van der Waals surface area contributed by atoms with E-state index >= 15 is 0 Å². The van der Waals surface area contributed by atoms with Crippen LogP contribution < -0.4 is 0 Å². The van der Waals surface area contributed by atoms with E-state index < -0.39 is 5.60 Å². The van der Waals surface area contributed by atoms with Crippen LogP contribution in [0.4, 0.5) is 0 Å². The second kappa shape index (κ2) is 1.97. The molecule has 0 aromatic rings. The van der Waals surface area contributed by atoms with Crippen LogP contribution in [-0.4, -0.2) is 35.3 Å². The van der Waals surface area contributed by atoms with Crippen molar-refractivity contribution in [2.45, 2.75) is 12.5 Å². The second-order valence-electron chi connectivity index (χ2n) is 2.40. The monoisotopic (exact) mass is 130 g/mol. The van der Waals surface area contributed by atoms with Gasteiger partial charge in [-0.05, 0) is 6.92 Å². The van der Waals surface area contributed by atoms with Gasteiger partial charge in [-0.15, -0.1) is 0 Å². The van der Waals surface area contributed by atoms with Crippen LogP contribution in [0.15, 0.2) is 0 Å². The summed E-state index contributed by atoms with van der Waals surface area (Å²) in [6.45, 7) is 1.98. The summed E-state index contributed by atoms with van der Waals surface area (Å²) in [7, 11) is 0. The molecule has 4 nitrogen and oxygen atoms in total. The maximum absolute atomic E-state index is 9.86. The number of aliphatic hydroxyl groups is 1. The maximum atomic E-state index is 9.86. The van der Waals surface area contributed by atoms with Crippen LogP contribution in [0.5, 0.6) is 0 Å². The third-order valence-corrected chi connectivity index (χ3v) is 1.12. The highest BCUT2D eigenvalue weighted by Crippen LogP contribution is 2.13. The molecule has 1 amide bonds. The van der Waals surface area contributed by atoms with Crippen molar-refractivity contribution in [1.82, 2.24) is 5.06 Å². The molecule has 1 rings (SSSR count). The van der Waals surface area contributed by atoms with E-state index in [1.807, 2.05) is 0 Å². The highest BCUT2D eigenvalue weighted by atomic mass is 16.7. The fourth-order valence-corrected chi connectivity index (χ4v) is 0.676. The lowest BCUT2D eigenvalue weighted by molar-refractivity contribution is -0.0519. The molecular weight excluding hydrogens is 122 g/mol. The SMILES string of the molecule is CC1(O)CON([C]=O)C1. The van der Waals surface area contributed by atoms with Gasteiger partial charge >= 0.3 is 6.41 Å². The van der Waals surface area contributed by atoms with Crippen LogP contribution in [-0.2, 0) is 9.63 Å². The van der Waals surface area contributed by atoms with Crippen LogP contribution in [0.1, 0.15) is 6.92 Å². The molecule has 0 aromatic heterocycles. The van der Waals surface area contributed by atoms with Gasteiger partial charge < -0.3 is 5.11 Å². The standard InChI is InChI=1S/C5H8NO3/c1-5(8)2-6(4-7)9-3-5/h8H,2-3H2,1H3. The van der Waals surface area contributed by atoms with E-state index in [4.69, 9.17) is 5.11 Å². The van der Waals surface area contributed by atoms with Crippen LogP contribution in [0.25, 0.3) is 0 Å². The molecule has 1 aliphatic rings.